The summed E-state index contributed by atoms with van der Waals surface area (Å²) >= 11 is 1.85. The zero-order valence-electron chi connectivity index (χ0n) is 10.8. The second kappa shape index (κ2) is 6.50. The summed E-state index contributed by atoms with van der Waals surface area (Å²) < 4.78 is 0. The van der Waals surface area contributed by atoms with Crippen molar-refractivity contribution in [2.24, 2.45) is 5.92 Å². The smallest absolute Gasteiger partial charge is 0.240 e. The molecule has 1 N–H and O–H groups in total. The summed E-state index contributed by atoms with van der Waals surface area (Å²) in [5.74, 6) is 1.97. The zero-order valence-corrected chi connectivity index (χ0v) is 11.6. The van der Waals surface area contributed by atoms with Gasteiger partial charge in [-0.2, -0.15) is 11.8 Å². The van der Waals surface area contributed by atoms with Crippen molar-refractivity contribution in [3.63, 3.8) is 0 Å². The van der Waals surface area contributed by atoms with Crippen LogP contribution in [-0.2, 0) is 4.79 Å². The van der Waals surface area contributed by atoms with Crippen LogP contribution in [0.4, 0.5) is 0 Å². The van der Waals surface area contributed by atoms with Crippen molar-refractivity contribution in [3.05, 3.63) is 0 Å². The summed E-state index contributed by atoms with van der Waals surface area (Å²) in [6, 6.07) is -0.00182. The molecule has 1 saturated heterocycles. The predicted octanol–water partition coefficient (Wildman–Crippen LogP) is 1.93. The quantitative estimate of drug-likeness (QED) is 0.775. The highest BCUT2D eigenvalue weighted by atomic mass is 32.2. The number of carbonyl (C=O) groups excluding carboxylic acids is 1. The molecule has 0 radical (unpaired) electrons. The van der Waals surface area contributed by atoms with Crippen LogP contribution < -0.4 is 5.32 Å². The Morgan fingerprint density at radius 1 is 1.56 bits per heavy atom. The van der Waals surface area contributed by atoms with E-state index in [2.05, 4.69) is 25.4 Å². The van der Waals surface area contributed by atoms with E-state index < -0.39 is 0 Å². The average Bonchev–Trinajstić information content (AvgIpc) is 2.47. The molecule has 1 fully saturated rings. The van der Waals surface area contributed by atoms with Crippen molar-refractivity contribution in [1.29, 1.82) is 0 Å². The lowest BCUT2D eigenvalue weighted by Crippen LogP contribution is -2.40. The van der Waals surface area contributed by atoms with Crippen LogP contribution in [0.5, 0.6) is 0 Å². The van der Waals surface area contributed by atoms with Gasteiger partial charge in [0, 0.05) is 6.54 Å². The lowest BCUT2D eigenvalue weighted by atomic mass is 10.2. The zero-order chi connectivity index (χ0) is 12.1. The molecule has 0 aliphatic carbocycles. The van der Waals surface area contributed by atoms with Crippen molar-refractivity contribution < 1.29 is 4.79 Å². The number of thioether (sulfide) groups is 1. The van der Waals surface area contributed by atoms with Gasteiger partial charge >= 0.3 is 0 Å². The Morgan fingerprint density at radius 3 is 2.81 bits per heavy atom. The molecule has 0 spiro atoms. The van der Waals surface area contributed by atoms with Gasteiger partial charge in [0.25, 0.3) is 0 Å². The Kier molecular flexibility index (Phi) is 5.62. The van der Waals surface area contributed by atoms with Gasteiger partial charge in [-0.3, -0.25) is 10.1 Å². The average molecular weight is 244 g/mol. The number of nitrogens with one attached hydrogen (secondary N) is 1. The third-order valence-corrected chi connectivity index (χ3v) is 3.90. The van der Waals surface area contributed by atoms with E-state index in [-0.39, 0.29) is 18.1 Å². The Balaban J connectivity index is 2.55. The highest BCUT2D eigenvalue weighted by molar-refractivity contribution is 7.98. The molecule has 1 rings (SSSR count). The van der Waals surface area contributed by atoms with E-state index in [1.165, 1.54) is 0 Å². The van der Waals surface area contributed by atoms with E-state index in [0.717, 1.165) is 25.1 Å². The van der Waals surface area contributed by atoms with Gasteiger partial charge in [0.15, 0.2) is 0 Å². The molecule has 0 aromatic carbocycles. The van der Waals surface area contributed by atoms with Crippen molar-refractivity contribution in [2.75, 3.05) is 18.6 Å². The predicted molar refractivity (Wildman–Crippen MR) is 70.6 cm³/mol. The number of hydrogen-bond acceptors (Lipinski definition) is 3. The first-order chi connectivity index (χ1) is 7.60. The highest BCUT2D eigenvalue weighted by Crippen LogP contribution is 2.18. The normalized spacial score (nSPS) is 27.5. The molecule has 0 saturated carbocycles. The molecule has 0 aromatic heterocycles. The molecule has 0 aromatic rings. The maximum absolute atomic E-state index is 12.0. The molecule has 3 unspecified atom stereocenters. The molecule has 3 atom stereocenters. The molecular formula is C12H24N2OS. The van der Waals surface area contributed by atoms with E-state index in [9.17, 15) is 4.79 Å². The van der Waals surface area contributed by atoms with Crippen LogP contribution in [0.1, 0.15) is 33.6 Å². The highest BCUT2D eigenvalue weighted by Gasteiger charge is 2.35. The van der Waals surface area contributed by atoms with E-state index >= 15 is 0 Å². The maximum atomic E-state index is 12.0. The summed E-state index contributed by atoms with van der Waals surface area (Å²) in [7, 11) is 0. The van der Waals surface area contributed by atoms with E-state index in [4.69, 9.17) is 0 Å². The minimum Gasteiger partial charge on any atom is -0.326 e. The Bertz CT molecular complexity index is 235. The largest absolute Gasteiger partial charge is 0.326 e. The first-order valence-electron chi connectivity index (χ1n) is 6.15. The van der Waals surface area contributed by atoms with Gasteiger partial charge < -0.3 is 4.90 Å². The summed E-state index contributed by atoms with van der Waals surface area (Å²) in [4.78, 5) is 14.0. The molecule has 1 aliphatic rings. The summed E-state index contributed by atoms with van der Waals surface area (Å²) in [6.07, 6.45) is 4.55. The van der Waals surface area contributed by atoms with E-state index in [1.54, 1.807) is 0 Å². The SMILES string of the molecule is CCCC1NC(C)C(=O)N1CC(C)CSC. The lowest BCUT2D eigenvalue weighted by molar-refractivity contribution is -0.130. The fourth-order valence-electron chi connectivity index (χ4n) is 2.25. The van der Waals surface area contributed by atoms with Gasteiger partial charge in [0.2, 0.25) is 5.91 Å². The van der Waals surface area contributed by atoms with Crippen LogP contribution in [0.3, 0.4) is 0 Å². The fourth-order valence-corrected chi connectivity index (χ4v) is 2.93. The molecule has 4 heteroatoms. The number of rotatable bonds is 6. The first-order valence-corrected chi connectivity index (χ1v) is 7.55. The monoisotopic (exact) mass is 244 g/mol. The molecule has 1 aliphatic heterocycles. The molecule has 94 valence electrons. The molecule has 0 bridgehead atoms. The molecule has 3 nitrogen and oxygen atoms in total. The van der Waals surface area contributed by atoms with Crippen molar-refractivity contribution in [2.45, 2.75) is 45.8 Å². The Hall–Kier alpha value is -0.220. The minimum atomic E-state index is -0.00182. The van der Waals surface area contributed by atoms with Gasteiger partial charge in [-0.1, -0.05) is 20.3 Å². The number of nitrogens with zero attached hydrogens (tertiary/aromatic N) is 1. The van der Waals surface area contributed by atoms with Crippen LogP contribution in [0.2, 0.25) is 0 Å². The summed E-state index contributed by atoms with van der Waals surface area (Å²) in [6.45, 7) is 7.24. The topological polar surface area (TPSA) is 32.3 Å². The van der Waals surface area contributed by atoms with Crippen LogP contribution >= 0.6 is 11.8 Å². The first kappa shape index (κ1) is 13.8. The van der Waals surface area contributed by atoms with E-state index in [1.807, 2.05) is 23.6 Å². The van der Waals surface area contributed by atoms with Crippen molar-refractivity contribution >= 4 is 17.7 Å². The van der Waals surface area contributed by atoms with Crippen LogP contribution in [0, 0.1) is 5.92 Å². The molecule has 1 amide bonds. The third kappa shape index (κ3) is 3.39. The molecular weight excluding hydrogens is 220 g/mol. The number of carbonyl (C=O) groups is 1. The van der Waals surface area contributed by atoms with Crippen molar-refractivity contribution in [3.8, 4) is 0 Å². The second-order valence-electron chi connectivity index (χ2n) is 4.74. The summed E-state index contributed by atoms with van der Waals surface area (Å²) in [5, 5.41) is 3.37. The molecule has 1 heterocycles. The maximum Gasteiger partial charge on any atom is 0.240 e. The van der Waals surface area contributed by atoms with Crippen LogP contribution in [0.15, 0.2) is 0 Å². The Labute approximate surface area is 103 Å². The van der Waals surface area contributed by atoms with Crippen LogP contribution in [-0.4, -0.2) is 41.6 Å². The van der Waals surface area contributed by atoms with E-state index in [0.29, 0.717) is 5.92 Å². The van der Waals surface area contributed by atoms with Gasteiger partial charge in [-0.05, 0) is 31.3 Å². The standard InChI is InChI=1S/C12H24N2OS/c1-5-6-11-13-10(3)12(15)14(11)7-9(2)8-16-4/h9-11,13H,5-8H2,1-4H3. The number of amides is 1. The van der Waals surface area contributed by atoms with Crippen molar-refractivity contribution in [1.82, 2.24) is 10.2 Å². The van der Waals surface area contributed by atoms with Gasteiger partial charge in [0.05, 0.1) is 12.2 Å². The van der Waals surface area contributed by atoms with Crippen LogP contribution in [0.25, 0.3) is 0 Å². The minimum absolute atomic E-state index is 0.00182. The fraction of sp³-hybridized carbons (Fsp3) is 0.917. The van der Waals surface area contributed by atoms with Gasteiger partial charge in [0.1, 0.15) is 0 Å². The van der Waals surface area contributed by atoms with Gasteiger partial charge in [-0.15, -0.1) is 0 Å². The Morgan fingerprint density at radius 2 is 2.25 bits per heavy atom. The molecule has 16 heavy (non-hydrogen) atoms. The number of hydrogen-bond donors (Lipinski definition) is 1. The second-order valence-corrected chi connectivity index (χ2v) is 5.65. The summed E-state index contributed by atoms with van der Waals surface area (Å²) in [5.41, 5.74) is 0. The lowest BCUT2D eigenvalue weighted by Gasteiger charge is -2.26. The third-order valence-electron chi connectivity index (χ3n) is 2.99. The van der Waals surface area contributed by atoms with Gasteiger partial charge in [-0.25, -0.2) is 0 Å².